The maximum Gasteiger partial charge on any atom is 0.253 e. The monoisotopic (exact) mass is 457 g/mol. The standard InChI is InChI=1S/C25H32ClN3O3/c1-2-15-29(19-24(30)27-14-18-32-23-10-8-21(26)9-11-23)22-12-16-28(17-13-22)25(31)20-6-4-3-5-7-20/h3-11,22H,2,12-19H2,1H3,(H,27,30). The van der Waals surface area contributed by atoms with Gasteiger partial charge in [-0.2, -0.15) is 0 Å². The summed E-state index contributed by atoms with van der Waals surface area (Å²) in [5.74, 6) is 0.818. The van der Waals surface area contributed by atoms with Crippen molar-refractivity contribution in [2.75, 3.05) is 39.3 Å². The molecule has 2 aromatic rings. The Morgan fingerprint density at radius 1 is 1.09 bits per heavy atom. The van der Waals surface area contributed by atoms with E-state index in [9.17, 15) is 9.59 Å². The number of nitrogens with one attached hydrogen (secondary N) is 1. The van der Waals surface area contributed by atoms with Crippen LogP contribution in [0.4, 0.5) is 0 Å². The van der Waals surface area contributed by atoms with Gasteiger partial charge < -0.3 is 15.0 Å². The topological polar surface area (TPSA) is 61.9 Å². The van der Waals surface area contributed by atoms with E-state index < -0.39 is 0 Å². The zero-order valence-electron chi connectivity index (χ0n) is 18.6. The SMILES string of the molecule is CCCN(CC(=O)NCCOc1ccc(Cl)cc1)C1CCN(C(=O)c2ccccc2)CC1. The summed E-state index contributed by atoms with van der Waals surface area (Å²) in [5.41, 5.74) is 0.733. The van der Waals surface area contributed by atoms with Crippen molar-refractivity contribution >= 4 is 23.4 Å². The molecule has 0 atom stereocenters. The maximum atomic E-state index is 12.7. The molecular weight excluding hydrogens is 426 g/mol. The molecule has 1 heterocycles. The lowest BCUT2D eigenvalue weighted by Crippen LogP contribution is -2.50. The molecule has 0 radical (unpaired) electrons. The van der Waals surface area contributed by atoms with Crippen molar-refractivity contribution in [1.82, 2.24) is 15.1 Å². The molecule has 7 heteroatoms. The van der Waals surface area contributed by atoms with Crippen LogP contribution in [0.3, 0.4) is 0 Å². The largest absolute Gasteiger partial charge is 0.492 e. The Balaban J connectivity index is 1.41. The van der Waals surface area contributed by atoms with E-state index in [0.29, 0.717) is 30.8 Å². The lowest BCUT2D eigenvalue weighted by atomic mass is 10.0. The van der Waals surface area contributed by atoms with E-state index in [0.717, 1.165) is 50.2 Å². The number of hydrogen-bond acceptors (Lipinski definition) is 4. The Kier molecular flexibility index (Phi) is 9.38. The second-order valence-electron chi connectivity index (χ2n) is 8.01. The highest BCUT2D eigenvalue weighted by molar-refractivity contribution is 6.30. The summed E-state index contributed by atoms with van der Waals surface area (Å²) in [7, 11) is 0. The first-order valence-electron chi connectivity index (χ1n) is 11.3. The summed E-state index contributed by atoms with van der Waals surface area (Å²) < 4.78 is 5.63. The van der Waals surface area contributed by atoms with Crippen LogP contribution in [0.2, 0.25) is 5.02 Å². The molecule has 1 saturated heterocycles. The number of ether oxygens (including phenoxy) is 1. The number of piperidine rings is 1. The smallest absolute Gasteiger partial charge is 0.253 e. The zero-order chi connectivity index (χ0) is 22.8. The van der Waals surface area contributed by atoms with E-state index in [4.69, 9.17) is 16.3 Å². The molecule has 1 fully saturated rings. The summed E-state index contributed by atoms with van der Waals surface area (Å²) >= 11 is 5.87. The van der Waals surface area contributed by atoms with Gasteiger partial charge in [-0.05, 0) is 62.2 Å². The van der Waals surface area contributed by atoms with Gasteiger partial charge in [0.15, 0.2) is 0 Å². The molecule has 0 aromatic heterocycles. The number of nitrogens with zero attached hydrogens (tertiary/aromatic N) is 2. The van der Waals surface area contributed by atoms with Crippen molar-refractivity contribution in [2.45, 2.75) is 32.2 Å². The number of carbonyl (C=O) groups excluding carboxylic acids is 2. The second-order valence-corrected chi connectivity index (χ2v) is 8.45. The van der Waals surface area contributed by atoms with Crippen LogP contribution >= 0.6 is 11.6 Å². The summed E-state index contributed by atoms with van der Waals surface area (Å²) in [6.45, 7) is 5.65. The normalized spacial score (nSPS) is 14.4. The maximum absolute atomic E-state index is 12.7. The van der Waals surface area contributed by atoms with Crippen molar-refractivity contribution in [3.8, 4) is 5.75 Å². The van der Waals surface area contributed by atoms with E-state index in [1.54, 1.807) is 12.1 Å². The number of hydrogen-bond donors (Lipinski definition) is 1. The van der Waals surface area contributed by atoms with Crippen LogP contribution in [-0.2, 0) is 4.79 Å². The van der Waals surface area contributed by atoms with Crippen molar-refractivity contribution in [2.24, 2.45) is 0 Å². The third-order valence-electron chi connectivity index (χ3n) is 5.65. The lowest BCUT2D eigenvalue weighted by Gasteiger charge is -2.38. The average Bonchev–Trinajstić information content (AvgIpc) is 2.83. The minimum atomic E-state index is 0.000877. The molecule has 2 amide bonds. The molecule has 1 aliphatic rings. The lowest BCUT2D eigenvalue weighted by molar-refractivity contribution is -0.123. The number of rotatable bonds is 10. The van der Waals surface area contributed by atoms with Gasteiger partial charge in [0.05, 0.1) is 13.1 Å². The molecule has 2 aromatic carbocycles. The Hall–Kier alpha value is -2.57. The van der Waals surface area contributed by atoms with Crippen LogP contribution in [0.15, 0.2) is 54.6 Å². The molecule has 6 nitrogen and oxygen atoms in total. The van der Waals surface area contributed by atoms with Crippen molar-refractivity contribution in [3.05, 3.63) is 65.2 Å². The van der Waals surface area contributed by atoms with Crippen molar-refractivity contribution < 1.29 is 14.3 Å². The first kappa shape index (κ1) is 24.1. The van der Waals surface area contributed by atoms with E-state index in [1.807, 2.05) is 47.4 Å². The minimum Gasteiger partial charge on any atom is -0.492 e. The fourth-order valence-corrected chi connectivity index (χ4v) is 4.13. The molecule has 3 rings (SSSR count). The summed E-state index contributed by atoms with van der Waals surface area (Å²) in [6, 6.07) is 16.9. The zero-order valence-corrected chi connectivity index (χ0v) is 19.4. The highest BCUT2D eigenvalue weighted by Gasteiger charge is 2.28. The van der Waals surface area contributed by atoms with Gasteiger partial charge in [-0.3, -0.25) is 14.5 Å². The molecule has 32 heavy (non-hydrogen) atoms. The Morgan fingerprint density at radius 3 is 2.44 bits per heavy atom. The Bertz CT molecular complexity index is 852. The van der Waals surface area contributed by atoms with Crippen molar-refractivity contribution in [1.29, 1.82) is 0 Å². The van der Waals surface area contributed by atoms with Gasteiger partial charge in [0, 0.05) is 29.7 Å². The molecule has 1 aliphatic heterocycles. The number of carbonyl (C=O) groups is 2. The fraction of sp³-hybridized carbons (Fsp3) is 0.440. The van der Waals surface area contributed by atoms with Gasteiger partial charge in [0.2, 0.25) is 5.91 Å². The third kappa shape index (κ3) is 7.24. The van der Waals surface area contributed by atoms with Gasteiger partial charge >= 0.3 is 0 Å². The molecule has 172 valence electrons. The first-order chi connectivity index (χ1) is 15.6. The first-order valence-corrected chi connectivity index (χ1v) is 11.7. The predicted molar refractivity (Wildman–Crippen MR) is 127 cm³/mol. The molecular formula is C25H32ClN3O3. The van der Waals surface area contributed by atoms with Crippen LogP contribution in [0.1, 0.15) is 36.5 Å². The van der Waals surface area contributed by atoms with Gasteiger partial charge in [-0.15, -0.1) is 0 Å². The molecule has 0 saturated carbocycles. The van der Waals surface area contributed by atoms with Gasteiger partial charge in [0.1, 0.15) is 12.4 Å². The number of benzene rings is 2. The quantitative estimate of drug-likeness (QED) is 0.550. The van der Waals surface area contributed by atoms with Crippen molar-refractivity contribution in [3.63, 3.8) is 0 Å². The van der Waals surface area contributed by atoms with E-state index in [1.165, 1.54) is 0 Å². The molecule has 0 unspecified atom stereocenters. The molecule has 0 spiro atoms. The summed E-state index contributed by atoms with van der Waals surface area (Å²) in [5, 5.41) is 3.61. The average molecular weight is 458 g/mol. The number of halogens is 1. The molecule has 0 bridgehead atoms. The number of likely N-dealkylation sites (tertiary alicyclic amines) is 1. The molecule has 1 N–H and O–H groups in total. The van der Waals surface area contributed by atoms with Crippen LogP contribution in [0.25, 0.3) is 0 Å². The van der Waals surface area contributed by atoms with Gasteiger partial charge in [-0.25, -0.2) is 0 Å². The number of amides is 2. The van der Waals surface area contributed by atoms with E-state index >= 15 is 0 Å². The van der Waals surface area contributed by atoms with Crippen LogP contribution in [-0.4, -0.2) is 67.0 Å². The predicted octanol–water partition coefficient (Wildman–Crippen LogP) is 3.85. The van der Waals surface area contributed by atoms with Crippen LogP contribution < -0.4 is 10.1 Å². The molecule has 0 aliphatic carbocycles. The van der Waals surface area contributed by atoms with Crippen LogP contribution in [0, 0.1) is 0 Å². The highest BCUT2D eigenvalue weighted by atomic mass is 35.5. The minimum absolute atomic E-state index is 0.000877. The summed E-state index contributed by atoms with van der Waals surface area (Å²) in [4.78, 5) is 29.3. The third-order valence-corrected chi connectivity index (χ3v) is 5.90. The highest BCUT2D eigenvalue weighted by Crippen LogP contribution is 2.19. The fourth-order valence-electron chi connectivity index (χ4n) is 4.01. The second kappa shape index (κ2) is 12.5. The van der Waals surface area contributed by atoms with Gasteiger partial charge in [0.25, 0.3) is 5.91 Å². The van der Waals surface area contributed by atoms with E-state index in [2.05, 4.69) is 17.1 Å². The van der Waals surface area contributed by atoms with Crippen LogP contribution in [0.5, 0.6) is 5.75 Å². The van der Waals surface area contributed by atoms with E-state index in [-0.39, 0.29) is 11.8 Å². The van der Waals surface area contributed by atoms with Gasteiger partial charge in [-0.1, -0.05) is 36.7 Å². The Morgan fingerprint density at radius 2 is 1.78 bits per heavy atom. The Labute approximate surface area is 195 Å². The summed E-state index contributed by atoms with van der Waals surface area (Å²) in [6.07, 6.45) is 2.74.